The van der Waals surface area contributed by atoms with Gasteiger partial charge < -0.3 is 15.8 Å². The first-order valence-electron chi connectivity index (χ1n) is 5.94. The molecule has 0 bridgehead atoms. The highest BCUT2D eigenvalue weighted by Gasteiger charge is 2.11. The van der Waals surface area contributed by atoms with Crippen LogP contribution in [0.25, 0.3) is 0 Å². The van der Waals surface area contributed by atoms with Crippen LogP contribution in [-0.4, -0.2) is 25.5 Å². The number of carbonyl (C=O) groups excluding carboxylic acids is 2. The molecule has 2 amide bonds. The third-order valence-electron chi connectivity index (χ3n) is 2.56. The van der Waals surface area contributed by atoms with Crippen molar-refractivity contribution < 1.29 is 18.7 Å². The molecule has 1 aromatic rings. The Balaban J connectivity index is 2.43. The van der Waals surface area contributed by atoms with Crippen molar-refractivity contribution in [2.45, 2.75) is 19.3 Å². The first kappa shape index (κ1) is 14.9. The highest BCUT2D eigenvalue weighted by atomic mass is 19.1. The molecule has 0 heterocycles. The van der Waals surface area contributed by atoms with Crippen LogP contribution < -0.4 is 15.8 Å². The van der Waals surface area contributed by atoms with Crippen molar-refractivity contribution in [1.29, 1.82) is 0 Å². The highest BCUT2D eigenvalue weighted by molar-refractivity contribution is 5.94. The number of benzene rings is 1. The van der Waals surface area contributed by atoms with Crippen molar-refractivity contribution in [3.8, 4) is 5.75 Å². The van der Waals surface area contributed by atoms with E-state index in [0.717, 1.165) is 6.07 Å². The minimum Gasteiger partial charge on any atom is -0.497 e. The Bertz CT molecular complexity index is 463. The number of hydrogen-bond acceptors (Lipinski definition) is 3. The van der Waals surface area contributed by atoms with Gasteiger partial charge in [0.25, 0.3) is 5.91 Å². The Morgan fingerprint density at radius 1 is 1.37 bits per heavy atom. The second-order valence-electron chi connectivity index (χ2n) is 4.03. The van der Waals surface area contributed by atoms with Crippen molar-refractivity contribution >= 4 is 11.8 Å². The van der Waals surface area contributed by atoms with Crippen molar-refractivity contribution in [2.24, 2.45) is 5.73 Å². The van der Waals surface area contributed by atoms with E-state index >= 15 is 0 Å². The number of unbranched alkanes of at least 4 members (excludes halogenated alkanes) is 1. The summed E-state index contributed by atoms with van der Waals surface area (Å²) in [7, 11) is 1.42. The minimum atomic E-state index is -0.631. The monoisotopic (exact) mass is 268 g/mol. The number of primary amides is 1. The van der Waals surface area contributed by atoms with E-state index in [1.807, 2.05) is 0 Å². The summed E-state index contributed by atoms with van der Waals surface area (Å²) in [6.07, 6.45) is 1.50. The molecule has 1 aromatic carbocycles. The quantitative estimate of drug-likeness (QED) is 0.729. The summed E-state index contributed by atoms with van der Waals surface area (Å²) in [6.45, 7) is 0.373. The molecule has 0 spiro atoms. The lowest BCUT2D eigenvalue weighted by molar-refractivity contribution is -0.118. The maximum atomic E-state index is 13.6. The average molecular weight is 268 g/mol. The van der Waals surface area contributed by atoms with Gasteiger partial charge in [0.15, 0.2) is 0 Å². The van der Waals surface area contributed by atoms with Crippen LogP contribution in [0.2, 0.25) is 0 Å². The molecule has 0 aliphatic rings. The first-order chi connectivity index (χ1) is 9.04. The van der Waals surface area contributed by atoms with E-state index in [2.05, 4.69) is 5.32 Å². The van der Waals surface area contributed by atoms with E-state index in [0.29, 0.717) is 25.1 Å². The normalized spacial score (nSPS) is 10.0. The lowest BCUT2D eigenvalue weighted by Gasteiger charge is -2.07. The Morgan fingerprint density at radius 2 is 2.11 bits per heavy atom. The van der Waals surface area contributed by atoms with Gasteiger partial charge in [0.1, 0.15) is 11.6 Å². The van der Waals surface area contributed by atoms with Crippen molar-refractivity contribution in [3.05, 3.63) is 29.6 Å². The summed E-state index contributed by atoms with van der Waals surface area (Å²) in [5.41, 5.74) is 4.95. The topological polar surface area (TPSA) is 81.4 Å². The molecule has 0 saturated carbocycles. The molecule has 0 aliphatic carbocycles. The fraction of sp³-hybridized carbons (Fsp3) is 0.385. The molecule has 19 heavy (non-hydrogen) atoms. The van der Waals surface area contributed by atoms with E-state index < -0.39 is 11.7 Å². The zero-order valence-corrected chi connectivity index (χ0v) is 10.7. The first-order valence-corrected chi connectivity index (χ1v) is 5.94. The number of methoxy groups -OCH3 is 1. The number of amides is 2. The lowest BCUT2D eigenvalue weighted by atomic mass is 10.2. The second kappa shape index (κ2) is 7.35. The molecular formula is C13H17FN2O3. The predicted octanol–water partition coefficient (Wildman–Crippen LogP) is 1.22. The van der Waals surface area contributed by atoms with Gasteiger partial charge in [0, 0.05) is 19.0 Å². The summed E-state index contributed by atoms with van der Waals surface area (Å²) in [5, 5.41) is 2.58. The summed E-state index contributed by atoms with van der Waals surface area (Å²) >= 11 is 0. The van der Waals surface area contributed by atoms with Crippen molar-refractivity contribution in [1.82, 2.24) is 5.32 Å². The number of rotatable bonds is 7. The summed E-state index contributed by atoms with van der Waals surface area (Å²) in [4.78, 5) is 22.2. The molecule has 0 aliphatic heterocycles. The van der Waals surface area contributed by atoms with E-state index in [1.165, 1.54) is 19.2 Å². The number of carbonyl (C=O) groups is 2. The van der Waals surface area contributed by atoms with Gasteiger partial charge in [-0.1, -0.05) is 0 Å². The number of hydrogen-bond donors (Lipinski definition) is 2. The van der Waals surface area contributed by atoms with E-state index in [9.17, 15) is 14.0 Å². The van der Waals surface area contributed by atoms with Crippen LogP contribution in [-0.2, 0) is 4.79 Å². The maximum Gasteiger partial charge on any atom is 0.254 e. The van der Waals surface area contributed by atoms with Crippen LogP contribution in [0, 0.1) is 5.82 Å². The van der Waals surface area contributed by atoms with Crippen LogP contribution in [0.15, 0.2) is 18.2 Å². The average Bonchev–Trinajstić information content (AvgIpc) is 2.37. The molecule has 6 heteroatoms. The molecule has 0 radical (unpaired) electrons. The Morgan fingerprint density at radius 3 is 2.68 bits per heavy atom. The van der Waals surface area contributed by atoms with Crippen LogP contribution in [0.3, 0.4) is 0 Å². The highest BCUT2D eigenvalue weighted by Crippen LogP contribution is 2.16. The van der Waals surface area contributed by atoms with Crippen molar-refractivity contribution in [2.75, 3.05) is 13.7 Å². The summed E-state index contributed by atoms with van der Waals surface area (Å²) in [6, 6.07) is 4.04. The van der Waals surface area contributed by atoms with Crippen LogP contribution >= 0.6 is 0 Å². The number of ether oxygens (including phenoxy) is 1. The third kappa shape index (κ3) is 4.95. The van der Waals surface area contributed by atoms with Crippen molar-refractivity contribution in [3.63, 3.8) is 0 Å². The summed E-state index contributed by atoms with van der Waals surface area (Å²) < 4.78 is 18.4. The number of halogens is 1. The van der Waals surface area contributed by atoms with Crippen LogP contribution in [0.4, 0.5) is 4.39 Å². The molecule has 1 rings (SSSR count). The molecule has 3 N–H and O–H groups in total. The van der Waals surface area contributed by atoms with Gasteiger partial charge in [0.2, 0.25) is 5.91 Å². The number of nitrogens with one attached hydrogen (secondary N) is 1. The van der Waals surface area contributed by atoms with Gasteiger partial charge in [-0.05, 0) is 25.0 Å². The third-order valence-corrected chi connectivity index (χ3v) is 2.56. The standard InChI is InChI=1S/C13H17FN2O3/c1-19-9-5-6-10(11(14)8-9)13(18)16-7-3-2-4-12(15)17/h5-6,8H,2-4,7H2,1H3,(H2,15,17)(H,16,18). The van der Waals surface area contributed by atoms with Gasteiger partial charge in [-0.15, -0.1) is 0 Å². The molecule has 0 saturated heterocycles. The molecule has 0 fully saturated rings. The lowest BCUT2D eigenvalue weighted by Crippen LogP contribution is -2.25. The molecular weight excluding hydrogens is 251 g/mol. The smallest absolute Gasteiger partial charge is 0.254 e. The van der Waals surface area contributed by atoms with Gasteiger partial charge in [-0.2, -0.15) is 0 Å². The van der Waals surface area contributed by atoms with E-state index in [1.54, 1.807) is 0 Å². The van der Waals surface area contributed by atoms with E-state index in [4.69, 9.17) is 10.5 Å². The molecule has 104 valence electrons. The minimum absolute atomic E-state index is 0.0318. The zero-order valence-electron chi connectivity index (χ0n) is 10.7. The number of nitrogens with two attached hydrogens (primary N) is 1. The Labute approximate surface area is 110 Å². The Hall–Kier alpha value is -2.11. The molecule has 0 atom stereocenters. The van der Waals surface area contributed by atoms with Gasteiger partial charge in [0.05, 0.1) is 12.7 Å². The van der Waals surface area contributed by atoms with Gasteiger partial charge >= 0.3 is 0 Å². The fourth-order valence-corrected chi connectivity index (χ4v) is 1.53. The maximum absolute atomic E-state index is 13.6. The van der Waals surface area contributed by atoms with Crippen LogP contribution in [0.5, 0.6) is 5.75 Å². The SMILES string of the molecule is COc1ccc(C(=O)NCCCCC(N)=O)c(F)c1. The van der Waals surface area contributed by atoms with Crippen LogP contribution in [0.1, 0.15) is 29.6 Å². The predicted molar refractivity (Wildman–Crippen MR) is 68.3 cm³/mol. The molecule has 5 nitrogen and oxygen atoms in total. The second-order valence-corrected chi connectivity index (χ2v) is 4.03. The molecule has 0 unspecified atom stereocenters. The molecule has 0 aromatic heterocycles. The zero-order chi connectivity index (χ0) is 14.3. The summed E-state index contributed by atoms with van der Waals surface area (Å²) in [5.74, 6) is -1.13. The van der Waals surface area contributed by atoms with E-state index in [-0.39, 0.29) is 17.9 Å². The van der Waals surface area contributed by atoms with Gasteiger partial charge in [-0.3, -0.25) is 9.59 Å². The Kier molecular flexibility index (Phi) is 5.78. The largest absolute Gasteiger partial charge is 0.497 e. The fourth-order valence-electron chi connectivity index (χ4n) is 1.53. The van der Waals surface area contributed by atoms with Gasteiger partial charge in [-0.25, -0.2) is 4.39 Å².